The standard InChI is InChI=1S/C19H18N4O2S/c20-15-16(18(24)21-11-13-7-3-1-4-8-13)23-26-17(15)19(25)22-12-14-9-5-2-6-10-14/h1-10H,11-12,20H2,(H,21,24)(H,22,25). The molecule has 0 bridgehead atoms. The van der Waals surface area contributed by atoms with Crippen LogP contribution in [-0.2, 0) is 13.1 Å². The first-order valence-corrected chi connectivity index (χ1v) is 8.82. The van der Waals surface area contributed by atoms with Crippen molar-refractivity contribution in [2.75, 3.05) is 5.73 Å². The van der Waals surface area contributed by atoms with Crippen LogP contribution >= 0.6 is 11.5 Å². The van der Waals surface area contributed by atoms with Crippen LogP contribution in [-0.4, -0.2) is 16.2 Å². The number of hydrogen-bond acceptors (Lipinski definition) is 5. The summed E-state index contributed by atoms with van der Waals surface area (Å²) in [7, 11) is 0. The van der Waals surface area contributed by atoms with Gasteiger partial charge in [0.2, 0.25) is 0 Å². The minimum atomic E-state index is -0.398. The van der Waals surface area contributed by atoms with E-state index >= 15 is 0 Å². The van der Waals surface area contributed by atoms with Gasteiger partial charge in [0.15, 0.2) is 5.69 Å². The van der Waals surface area contributed by atoms with Crippen LogP contribution in [0.1, 0.15) is 31.3 Å². The molecule has 3 aromatic rings. The van der Waals surface area contributed by atoms with Gasteiger partial charge in [-0.2, -0.15) is 4.37 Å². The summed E-state index contributed by atoms with van der Waals surface area (Å²) in [5.74, 6) is -0.740. The molecule has 6 nitrogen and oxygen atoms in total. The molecule has 1 aromatic heterocycles. The van der Waals surface area contributed by atoms with Crippen molar-refractivity contribution in [1.29, 1.82) is 0 Å². The lowest BCUT2D eigenvalue weighted by Gasteiger charge is -2.05. The highest BCUT2D eigenvalue weighted by Crippen LogP contribution is 2.21. The minimum absolute atomic E-state index is 0.0794. The molecule has 0 aliphatic rings. The van der Waals surface area contributed by atoms with E-state index in [1.165, 1.54) is 0 Å². The maximum atomic E-state index is 12.3. The second kappa shape index (κ2) is 8.26. The Balaban J connectivity index is 1.61. The lowest BCUT2D eigenvalue weighted by molar-refractivity contribution is 0.0946. The van der Waals surface area contributed by atoms with Crippen LogP contribution in [0, 0.1) is 0 Å². The number of nitrogens with one attached hydrogen (secondary N) is 2. The molecule has 0 atom stereocenters. The van der Waals surface area contributed by atoms with Crippen LogP contribution in [0.25, 0.3) is 0 Å². The van der Waals surface area contributed by atoms with E-state index in [-0.39, 0.29) is 22.2 Å². The molecule has 0 fully saturated rings. The average molecular weight is 366 g/mol. The molecule has 0 aliphatic heterocycles. The number of carbonyl (C=O) groups is 2. The van der Waals surface area contributed by atoms with Crippen molar-refractivity contribution in [3.8, 4) is 0 Å². The van der Waals surface area contributed by atoms with Crippen molar-refractivity contribution < 1.29 is 9.59 Å². The van der Waals surface area contributed by atoms with Gasteiger partial charge in [0, 0.05) is 13.1 Å². The largest absolute Gasteiger partial charge is 0.395 e. The van der Waals surface area contributed by atoms with Gasteiger partial charge in [-0.15, -0.1) is 0 Å². The van der Waals surface area contributed by atoms with Crippen molar-refractivity contribution in [3.05, 3.63) is 82.4 Å². The molecule has 0 saturated carbocycles. The molecule has 4 N–H and O–H groups in total. The smallest absolute Gasteiger partial charge is 0.273 e. The summed E-state index contributed by atoms with van der Waals surface area (Å²) >= 11 is 0.922. The molecule has 0 aliphatic carbocycles. The molecule has 0 saturated heterocycles. The van der Waals surface area contributed by atoms with E-state index in [4.69, 9.17) is 5.73 Å². The third-order valence-corrected chi connectivity index (χ3v) is 4.60. The number of carbonyl (C=O) groups excluding carboxylic acids is 2. The second-order valence-corrected chi connectivity index (χ2v) is 6.38. The number of amides is 2. The topological polar surface area (TPSA) is 97.1 Å². The maximum Gasteiger partial charge on any atom is 0.273 e. The van der Waals surface area contributed by atoms with Crippen molar-refractivity contribution in [3.63, 3.8) is 0 Å². The van der Waals surface area contributed by atoms with E-state index in [9.17, 15) is 9.59 Å². The quantitative estimate of drug-likeness (QED) is 0.625. The molecule has 26 heavy (non-hydrogen) atoms. The highest BCUT2D eigenvalue weighted by molar-refractivity contribution is 7.09. The van der Waals surface area contributed by atoms with Crippen LogP contribution in [0.15, 0.2) is 60.7 Å². The number of hydrogen-bond donors (Lipinski definition) is 3. The summed E-state index contributed by atoms with van der Waals surface area (Å²) in [6, 6.07) is 19.1. The fourth-order valence-corrected chi connectivity index (χ4v) is 3.06. The zero-order chi connectivity index (χ0) is 18.4. The van der Waals surface area contributed by atoms with E-state index in [1.54, 1.807) is 0 Å². The molecule has 1 heterocycles. The van der Waals surface area contributed by atoms with Crippen molar-refractivity contribution >= 4 is 29.0 Å². The summed E-state index contributed by atoms with van der Waals surface area (Å²) in [5.41, 5.74) is 8.10. The van der Waals surface area contributed by atoms with Gasteiger partial charge in [-0.25, -0.2) is 0 Å². The van der Waals surface area contributed by atoms with E-state index in [1.807, 2.05) is 60.7 Å². The van der Waals surface area contributed by atoms with Gasteiger partial charge in [-0.05, 0) is 22.7 Å². The third kappa shape index (κ3) is 4.25. The number of anilines is 1. The Morgan fingerprint density at radius 1 is 0.846 bits per heavy atom. The van der Waals surface area contributed by atoms with Gasteiger partial charge >= 0.3 is 0 Å². The van der Waals surface area contributed by atoms with Crippen LogP contribution in [0.5, 0.6) is 0 Å². The summed E-state index contributed by atoms with van der Waals surface area (Å²) in [6.07, 6.45) is 0. The van der Waals surface area contributed by atoms with Crippen LogP contribution in [0.2, 0.25) is 0 Å². The molecular formula is C19H18N4O2S. The lowest BCUT2D eigenvalue weighted by atomic mass is 10.2. The number of aromatic nitrogens is 1. The molecule has 2 aromatic carbocycles. The third-order valence-electron chi connectivity index (χ3n) is 3.74. The SMILES string of the molecule is Nc1c(C(=O)NCc2ccccc2)nsc1C(=O)NCc1ccccc1. The lowest BCUT2D eigenvalue weighted by Crippen LogP contribution is -2.25. The van der Waals surface area contributed by atoms with E-state index < -0.39 is 5.91 Å². The van der Waals surface area contributed by atoms with Gasteiger partial charge in [-0.1, -0.05) is 60.7 Å². The van der Waals surface area contributed by atoms with Gasteiger partial charge in [0.25, 0.3) is 11.8 Å². The minimum Gasteiger partial charge on any atom is -0.395 e. The zero-order valence-electron chi connectivity index (χ0n) is 13.9. The zero-order valence-corrected chi connectivity index (χ0v) is 14.8. The molecule has 2 amide bonds. The molecule has 0 unspecified atom stereocenters. The van der Waals surface area contributed by atoms with Gasteiger partial charge in [0.05, 0.1) is 5.69 Å². The molecular weight excluding hydrogens is 348 g/mol. The maximum absolute atomic E-state index is 12.3. The molecule has 0 spiro atoms. The van der Waals surface area contributed by atoms with Crippen LogP contribution < -0.4 is 16.4 Å². The first kappa shape index (κ1) is 17.6. The Bertz CT molecular complexity index is 821. The Kier molecular flexibility index (Phi) is 5.60. The summed E-state index contributed by atoms with van der Waals surface area (Å²) in [6.45, 7) is 0.749. The highest BCUT2D eigenvalue weighted by Gasteiger charge is 2.21. The number of rotatable bonds is 6. The Morgan fingerprint density at radius 2 is 1.35 bits per heavy atom. The van der Waals surface area contributed by atoms with Crippen molar-refractivity contribution in [2.24, 2.45) is 0 Å². The summed E-state index contributed by atoms with van der Waals surface area (Å²) < 4.78 is 4.05. The second-order valence-electron chi connectivity index (χ2n) is 5.61. The fourth-order valence-electron chi connectivity index (χ4n) is 2.35. The monoisotopic (exact) mass is 366 g/mol. The molecule has 7 heteroatoms. The van der Waals surface area contributed by atoms with Gasteiger partial charge < -0.3 is 16.4 Å². The van der Waals surface area contributed by atoms with E-state index in [2.05, 4.69) is 15.0 Å². The molecule has 3 rings (SSSR count). The van der Waals surface area contributed by atoms with Gasteiger partial charge in [0.1, 0.15) is 4.88 Å². The molecule has 132 valence electrons. The average Bonchev–Trinajstić information content (AvgIpc) is 3.07. The van der Waals surface area contributed by atoms with E-state index in [0.717, 1.165) is 22.7 Å². The Labute approximate surface area is 155 Å². The predicted molar refractivity (Wildman–Crippen MR) is 102 cm³/mol. The first-order chi connectivity index (χ1) is 12.6. The number of benzene rings is 2. The first-order valence-electron chi connectivity index (χ1n) is 8.04. The van der Waals surface area contributed by atoms with Crippen LogP contribution in [0.3, 0.4) is 0 Å². The normalized spacial score (nSPS) is 10.3. The fraction of sp³-hybridized carbons (Fsp3) is 0.105. The molecule has 0 radical (unpaired) electrons. The Morgan fingerprint density at radius 3 is 1.88 bits per heavy atom. The summed E-state index contributed by atoms with van der Waals surface area (Å²) in [5, 5.41) is 5.55. The van der Waals surface area contributed by atoms with Crippen molar-refractivity contribution in [1.82, 2.24) is 15.0 Å². The number of nitrogens with two attached hydrogens (primary N) is 1. The van der Waals surface area contributed by atoms with Crippen molar-refractivity contribution in [2.45, 2.75) is 13.1 Å². The van der Waals surface area contributed by atoms with E-state index in [0.29, 0.717) is 13.1 Å². The number of nitrogens with zero attached hydrogens (tertiary/aromatic N) is 1. The highest BCUT2D eigenvalue weighted by atomic mass is 32.1. The number of nitrogen functional groups attached to an aromatic ring is 1. The predicted octanol–water partition coefficient (Wildman–Crippen LogP) is 2.59. The summed E-state index contributed by atoms with van der Waals surface area (Å²) in [4.78, 5) is 24.8. The van der Waals surface area contributed by atoms with Gasteiger partial charge in [-0.3, -0.25) is 9.59 Å². The van der Waals surface area contributed by atoms with Crippen LogP contribution in [0.4, 0.5) is 5.69 Å². The Hall–Kier alpha value is -3.19.